The van der Waals surface area contributed by atoms with E-state index in [1.54, 1.807) is 12.3 Å². The summed E-state index contributed by atoms with van der Waals surface area (Å²) < 4.78 is 20.5. The third-order valence-electron chi connectivity index (χ3n) is 3.46. The number of halogens is 2. The lowest BCUT2D eigenvalue weighted by Gasteiger charge is -2.08. The molecule has 0 aliphatic heterocycles. The third kappa shape index (κ3) is 5.09. The molecule has 0 atom stereocenters. The van der Waals surface area contributed by atoms with Gasteiger partial charge in [-0.1, -0.05) is 32.6 Å². The normalized spacial score (nSPS) is 10.7. The van der Waals surface area contributed by atoms with Crippen molar-refractivity contribution in [3.05, 3.63) is 46.8 Å². The molecule has 0 saturated carbocycles. The summed E-state index contributed by atoms with van der Waals surface area (Å²) in [6.07, 6.45) is 7.50. The number of hydrogen-bond donors (Lipinski definition) is 0. The topological polar surface area (TPSA) is 22.1 Å². The van der Waals surface area contributed by atoms with E-state index >= 15 is 0 Å². The second kappa shape index (κ2) is 8.89. The van der Waals surface area contributed by atoms with Gasteiger partial charge in [0.15, 0.2) is 11.6 Å². The molecule has 0 bridgehead atoms. The van der Waals surface area contributed by atoms with Crippen molar-refractivity contribution in [2.45, 2.75) is 39.0 Å². The molecule has 1 aromatic heterocycles. The molecule has 0 aliphatic rings. The lowest BCUT2D eigenvalue weighted by molar-refractivity contribution is 0.290. The largest absolute Gasteiger partial charge is 0.491 e. The highest BCUT2D eigenvalue weighted by molar-refractivity contribution is 9.10. The van der Waals surface area contributed by atoms with Crippen LogP contribution in [-0.4, -0.2) is 11.6 Å². The molecule has 0 spiro atoms. The standard InChI is InChI=1S/C18H21BrFNO/c1-2-3-4-5-6-11-22-18-10-7-14(12-16(18)20)17-9-8-15(19)13-21-17/h7-10,12-13H,2-6,11H2,1H3. The first-order valence-corrected chi connectivity index (χ1v) is 8.54. The van der Waals surface area contributed by atoms with Crippen LogP contribution in [-0.2, 0) is 0 Å². The van der Waals surface area contributed by atoms with E-state index in [1.165, 1.54) is 25.3 Å². The molecule has 2 rings (SSSR count). The lowest BCUT2D eigenvalue weighted by atomic mass is 10.1. The van der Waals surface area contributed by atoms with Crippen molar-refractivity contribution in [1.82, 2.24) is 4.98 Å². The van der Waals surface area contributed by atoms with E-state index in [0.717, 1.165) is 28.6 Å². The van der Waals surface area contributed by atoms with E-state index in [9.17, 15) is 4.39 Å². The van der Waals surface area contributed by atoms with E-state index in [1.807, 2.05) is 18.2 Å². The molecule has 118 valence electrons. The number of unbranched alkanes of at least 4 members (excludes halogenated alkanes) is 4. The van der Waals surface area contributed by atoms with Crippen molar-refractivity contribution >= 4 is 15.9 Å². The molecule has 0 saturated heterocycles. The number of benzene rings is 1. The van der Waals surface area contributed by atoms with Crippen LogP contribution in [0.2, 0.25) is 0 Å². The summed E-state index contributed by atoms with van der Waals surface area (Å²) in [5.41, 5.74) is 1.49. The highest BCUT2D eigenvalue weighted by atomic mass is 79.9. The number of ether oxygens (including phenoxy) is 1. The Hall–Kier alpha value is -1.42. The zero-order chi connectivity index (χ0) is 15.8. The molecule has 0 radical (unpaired) electrons. The van der Waals surface area contributed by atoms with E-state index in [4.69, 9.17) is 4.74 Å². The van der Waals surface area contributed by atoms with E-state index in [0.29, 0.717) is 12.4 Å². The highest BCUT2D eigenvalue weighted by Crippen LogP contribution is 2.25. The van der Waals surface area contributed by atoms with E-state index in [-0.39, 0.29) is 5.82 Å². The summed E-state index contributed by atoms with van der Waals surface area (Å²) in [7, 11) is 0. The molecule has 22 heavy (non-hydrogen) atoms. The van der Waals surface area contributed by atoms with Crippen molar-refractivity contribution in [2.24, 2.45) is 0 Å². The van der Waals surface area contributed by atoms with Gasteiger partial charge in [0.2, 0.25) is 0 Å². The number of pyridine rings is 1. The molecule has 2 aromatic rings. The molecule has 0 amide bonds. The van der Waals surface area contributed by atoms with Crippen molar-refractivity contribution in [1.29, 1.82) is 0 Å². The minimum atomic E-state index is -0.337. The minimum absolute atomic E-state index is 0.316. The van der Waals surface area contributed by atoms with Gasteiger partial charge >= 0.3 is 0 Å². The Kier molecular flexibility index (Phi) is 6.84. The second-order valence-electron chi connectivity index (χ2n) is 5.27. The van der Waals surface area contributed by atoms with Crippen molar-refractivity contribution in [3.63, 3.8) is 0 Å². The molecular formula is C18H21BrFNO. The Morgan fingerprint density at radius 2 is 1.91 bits per heavy atom. The molecule has 2 nitrogen and oxygen atoms in total. The van der Waals surface area contributed by atoms with Gasteiger partial charge in [-0.05, 0) is 52.7 Å². The van der Waals surface area contributed by atoms with Gasteiger partial charge < -0.3 is 4.74 Å². The number of nitrogens with zero attached hydrogens (tertiary/aromatic N) is 1. The van der Waals surface area contributed by atoms with Crippen LogP contribution >= 0.6 is 15.9 Å². The fourth-order valence-electron chi connectivity index (χ4n) is 2.21. The van der Waals surface area contributed by atoms with E-state index < -0.39 is 0 Å². The smallest absolute Gasteiger partial charge is 0.165 e. The van der Waals surface area contributed by atoms with Gasteiger partial charge in [0, 0.05) is 16.2 Å². The van der Waals surface area contributed by atoms with Gasteiger partial charge in [-0.3, -0.25) is 4.98 Å². The van der Waals surface area contributed by atoms with Crippen molar-refractivity contribution in [2.75, 3.05) is 6.61 Å². The molecular weight excluding hydrogens is 345 g/mol. The second-order valence-corrected chi connectivity index (χ2v) is 6.19. The Morgan fingerprint density at radius 3 is 2.59 bits per heavy atom. The van der Waals surface area contributed by atoms with Crippen LogP contribution in [0.15, 0.2) is 41.0 Å². The van der Waals surface area contributed by atoms with E-state index in [2.05, 4.69) is 27.8 Å². The molecule has 4 heteroatoms. The van der Waals surface area contributed by atoms with Crippen LogP contribution in [0.3, 0.4) is 0 Å². The lowest BCUT2D eigenvalue weighted by Crippen LogP contribution is -1.99. The number of aromatic nitrogens is 1. The molecule has 1 heterocycles. The van der Waals surface area contributed by atoms with Crippen molar-refractivity contribution < 1.29 is 9.13 Å². The number of hydrogen-bond acceptors (Lipinski definition) is 2. The Balaban J connectivity index is 1.91. The Morgan fingerprint density at radius 1 is 1.09 bits per heavy atom. The SMILES string of the molecule is CCCCCCCOc1ccc(-c2ccc(Br)cn2)cc1F. The van der Waals surface area contributed by atoms with Gasteiger partial charge in [-0.2, -0.15) is 0 Å². The van der Waals surface area contributed by atoms with Gasteiger partial charge in [0.1, 0.15) is 0 Å². The summed E-state index contributed by atoms with van der Waals surface area (Å²) in [5.74, 6) is -0.0212. The average molecular weight is 366 g/mol. The summed E-state index contributed by atoms with van der Waals surface area (Å²) in [6, 6.07) is 8.74. The summed E-state index contributed by atoms with van der Waals surface area (Å²) >= 11 is 3.34. The third-order valence-corrected chi connectivity index (χ3v) is 3.93. The fraction of sp³-hybridized carbons (Fsp3) is 0.389. The van der Waals surface area contributed by atoms with Crippen LogP contribution in [0.25, 0.3) is 11.3 Å². The maximum atomic E-state index is 14.1. The fourth-order valence-corrected chi connectivity index (χ4v) is 2.45. The van der Waals surface area contributed by atoms with Gasteiger partial charge in [0.05, 0.1) is 12.3 Å². The first kappa shape index (κ1) is 16.9. The highest BCUT2D eigenvalue weighted by Gasteiger charge is 2.07. The quantitative estimate of drug-likeness (QED) is 0.535. The van der Waals surface area contributed by atoms with Crippen LogP contribution in [0.1, 0.15) is 39.0 Å². The van der Waals surface area contributed by atoms with Crippen LogP contribution in [0, 0.1) is 5.82 Å². The molecule has 0 aliphatic carbocycles. The maximum absolute atomic E-state index is 14.1. The van der Waals surface area contributed by atoms with Gasteiger partial charge in [-0.25, -0.2) is 4.39 Å². The molecule has 0 fully saturated rings. The van der Waals surface area contributed by atoms with Crippen molar-refractivity contribution in [3.8, 4) is 17.0 Å². The average Bonchev–Trinajstić information content (AvgIpc) is 2.53. The summed E-state index contributed by atoms with van der Waals surface area (Å²) in [6.45, 7) is 2.75. The van der Waals surface area contributed by atoms with Crippen LogP contribution < -0.4 is 4.74 Å². The molecule has 0 unspecified atom stereocenters. The van der Waals surface area contributed by atoms with Crippen LogP contribution in [0.4, 0.5) is 4.39 Å². The number of rotatable bonds is 8. The first-order chi connectivity index (χ1) is 10.7. The minimum Gasteiger partial charge on any atom is -0.491 e. The Labute approximate surface area is 139 Å². The first-order valence-electron chi connectivity index (χ1n) is 7.75. The van der Waals surface area contributed by atoms with Gasteiger partial charge in [-0.15, -0.1) is 0 Å². The summed E-state index contributed by atoms with van der Waals surface area (Å²) in [5, 5.41) is 0. The molecule has 1 aromatic carbocycles. The molecule has 0 N–H and O–H groups in total. The zero-order valence-corrected chi connectivity index (χ0v) is 14.4. The summed E-state index contributed by atoms with van der Waals surface area (Å²) in [4.78, 5) is 4.27. The predicted molar refractivity (Wildman–Crippen MR) is 91.6 cm³/mol. The maximum Gasteiger partial charge on any atom is 0.165 e. The Bertz CT molecular complexity index is 586. The monoisotopic (exact) mass is 365 g/mol. The predicted octanol–water partition coefficient (Wildman–Crippen LogP) is 6.00. The van der Waals surface area contributed by atoms with Gasteiger partial charge in [0.25, 0.3) is 0 Å². The van der Waals surface area contributed by atoms with Crippen LogP contribution in [0.5, 0.6) is 5.75 Å². The zero-order valence-electron chi connectivity index (χ0n) is 12.8.